The van der Waals surface area contributed by atoms with E-state index in [1.54, 1.807) is 13.0 Å². The number of rotatable bonds is 7. The topological polar surface area (TPSA) is 97.5 Å². The van der Waals surface area contributed by atoms with Crippen LogP contribution in [-0.4, -0.2) is 71.8 Å². The number of aromatic nitrogens is 1. The highest BCUT2D eigenvalue weighted by Gasteiger charge is 2.43. The first-order chi connectivity index (χ1) is 22.5. The van der Waals surface area contributed by atoms with Gasteiger partial charge in [-0.1, -0.05) is 45.0 Å². The van der Waals surface area contributed by atoms with Gasteiger partial charge >= 0.3 is 0 Å². The fraction of sp³-hybridized carbons (Fsp3) is 0.447. The summed E-state index contributed by atoms with van der Waals surface area (Å²) in [5, 5.41) is 6.27. The number of anilines is 1. The molecule has 3 N–H and O–H groups in total. The molecule has 9 heteroatoms. The van der Waals surface area contributed by atoms with Gasteiger partial charge in [-0.15, -0.1) is 0 Å². The zero-order chi connectivity index (χ0) is 33.4. The summed E-state index contributed by atoms with van der Waals surface area (Å²) in [6, 6.07) is 14.2. The van der Waals surface area contributed by atoms with Crippen molar-refractivity contribution in [2.24, 2.45) is 17.8 Å². The lowest BCUT2D eigenvalue weighted by atomic mass is 9.63. The highest BCUT2D eigenvalue weighted by atomic mass is 19.1. The van der Waals surface area contributed by atoms with Crippen molar-refractivity contribution in [2.75, 3.05) is 44.6 Å². The molecular formula is C38H46FN5O3. The Kier molecular flexibility index (Phi) is 9.37. The summed E-state index contributed by atoms with van der Waals surface area (Å²) in [7, 11) is 0. The normalized spacial score (nSPS) is 23.2. The quantitative estimate of drug-likeness (QED) is 0.268. The van der Waals surface area contributed by atoms with Crippen molar-refractivity contribution in [2.45, 2.75) is 53.4 Å². The third-order valence-corrected chi connectivity index (χ3v) is 10.4. The molecule has 8 nitrogen and oxygen atoms in total. The number of carbonyl (C=O) groups is 3. The van der Waals surface area contributed by atoms with E-state index in [1.807, 2.05) is 42.2 Å². The molecule has 0 radical (unpaired) electrons. The third kappa shape index (κ3) is 6.50. The monoisotopic (exact) mass is 639 g/mol. The summed E-state index contributed by atoms with van der Waals surface area (Å²) in [6.07, 6.45) is 1.91. The molecule has 1 aliphatic carbocycles. The Balaban J connectivity index is 1.38. The van der Waals surface area contributed by atoms with Gasteiger partial charge in [0.2, 0.25) is 5.91 Å². The molecule has 248 valence electrons. The number of nitrogens with one attached hydrogen (secondary N) is 3. The number of allylic oxidation sites excluding steroid dienone is 1. The summed E-state index contributed by atoms with van der Waals surface area (Å²) in [5.74, 6) is -0.0922. The zero-order valence-corrected chi connectivity index (χ0v) is 28.1. The average Bonchev–Trinajstić information content (AvgIpc) is 3.59. The molecule has 3 amide bonds. The van der Waals surface area contributed by atoms with Crippen LogP contribution in [-0.2, 0) is 9.59 Å². The second-order valence-electron chi connectivity index (χ2n) is 13.8. The molecule has 3 aliphatic rings. The van der Waals surface area contributed by atoms with E-state index in [4.69, 9.17) is 0 Å². The lowest BCUT2D eigenvalue weighted by molar-refractivity contribution is -0.130. The van der Waals surface area contributed by atoms with Crippen molar-refractivity contribution in [1.29, 1.82) is 0 Å². The van der Waals surface area contributed by atoms with Gasteiger partial charge in [0.05, 0.1) is 5.56 Å². The van der Waals surface area contributed by atoms with E-state index < -0.39 is 0 Å². The van der Waals surface area contributed by atoms with E-state index in [2.05, 4.69) is 41.3 Å². The van der Waals surface area contributed by atoms with Crippen LogP contribution < -0.4 is 10.6 Å². The first kappa shape index (κ1) is 32.7. The Morgan fingerprint density at radius 1 is 1.04 bits per heavy atom. The van der Waals surface area contributed by atoms with Gasteiger partial charge in [-0.05, 0) is 78.5 Å². The van der Waals surface area contributed by atoms with Crippen molar-refractivity contribution in [3.63, 3.8) is 0 Å². The molecule has 2 fully saturated rings. The van der Waals surface area contributed by atoms with Crippen LogP contribution in [0.3, 0.4) is 0 Å². The Hall–Kier alpha value is -4.24. The fourth-order valence-corrected chi connectivity index (χ4v) is 7.94. The van der Waals surface area contributed by atoms with Crippen molar-refractivity contribution >= 4 is 29.0 Å². The first-order valence-electron chi connectivity index (χ1n) is 16.9. The summed E-state index contributed by atoms with van der Waals surface area (Å²) >= 11 is 0. The molecule has 2 aromatic carbocycles. The van der Waals surface area contributed by atoms with Gasteiger partial charge in [0.15, 0.2) is 0 Å². The number of aromatic amines is 1. The number of aryl methyl sites for hydroxylation is 1. The number of amides is 3. The average molecular weight is 640 g/mol. The number of carbonyl (C=O) groups excluding carboxylic acids is 3. The van der Waals surface area contributed by atoms with Gasteiger partial charge in [-0.3, -0.25) is 19.3 Å². The number of hydrogen-bond acceptors (Lipinski definition) is 4. The number of fused-ring (bicyclic) bond motifs is 1. The van der Waals surface area contributed by atoms with E-state index in [1.165, 1.54) is 12.1 Å². The van der Waals surface area contributed by atoms with E-state index in [9.17, 15) is 18.8 Å². The van der Waals surface area contributed by atoms with Gasteiger partial charge < -0.3 is 20.5 Å². The maximum Gasteiger partial charge on any atom is 0.256 e. The minimum absolute atomic E-state index is 0.0930. The predicted molar refractivity (Wildman–Crippen MR) is 183 cm³/mol. The molecule has 3 heterocycles. The Labute approximate surface area is 276 Å². The van der Waals surface area contributed by atoms with E-state index >= 15 is 0 Å². The molecule has 3 atom stereocenters. The largest absolute Gasteiger partial charge is 0.361 e. The highest BCUT2D eigenvalue weighted by molar-refractivity contribution is 6.34. The predicted octanol–water partition coefficient (Wildman–Crippen LogP) is 6.21. The molecule has 0 spiro atoms. The standard InChI is InChI=1S/C38H46FN5O3/c1-22(2)28-13-12-23(3)32(35-33-29(26-8-6-9-27(39)21-26)10-7-11-31(33)42-38(35)47)34(28)36-30(20-24(4)41-36)37(46)40-14-15-43-16-18-44(19-17-43)25(5)45/h6-11,20-23,28,34,41H,12-19H2,1-5H3,(H,40,46)(H,42,47)/b35-32-. The van der Waals surface area contributed by atoms with Crippen LogP contribution in [0.4, 0.5) is 10.1 Å². The van der Waals surface area contributed by atoms with Gasteiger partial charge in [-0.2, -0.15) is 0 Å². The lowest BCUT2D eigenvalue weighted by Gasteiger charge is -2.41. The lowest BCUT2D eigenvalue weighted by Crippen LogP contribution is -2.49. The molecule has 2 aliphatic heterocycles. The van der Waals surface area contributed by atoms with Crippen LogP contribution in [0.2, 0.25) is 0 Å². The van der Waals surface area contributed by atoms with Gasteiger partial charge in [0.25, 0.3) is 11.8 Å². The second kappa shape index (κ2) is 13.5. The smallest absolute Gasteiger partial charge is 0.256 e. The van der Waals surface area contributed by atoms with E-state index in [-0.39, 0.29) is 41.3 Å². The van der Waals surface area contributed by atoms with Crippen LogP contribution in [0.25, 0.3) is 16.7 Å². The minimum Gasteiger partial charge on any atom is -0.361 e. The summed E-state index contributed by atoms with van der Waals surface area (Å²) in [6.45, 7) is 14.4. The van der Waals surface area contributed by atoms with Crippen molar-refractivity contribution in [1.82, 2.24) is 20.1 Å². The molecule has 6 rings (SSSR count). The molecule has 3 unspecified atom stereocenters. The van der Waals surface area contributed by atoms with E-state index in [0.717, 1.165) is 65.3 Å². The van der Waals surface area contributed by atoms with E-state index in [0.29, 0.717) is 43.2 Å². The summed E-state index contributed by atoms with van der Waals surface area (Å²) < 4.78 is 14.4. The van der Waals surface area contributed by atoms with Crippen LogP contribution in [0, 0.1) is 30.5 Å². The molecule has 1 aromatic heterocycles. The number of benzene rings is 2. The van der Waals surface area contributed by atoms with Crippen molar-refractivity contribution in [3.05, 3.63) is 82.4 Å². The van der Waals surface area contributed by atoms with Crippen molar-refractivity contribution in [3.8, 4) is 11.1 Å². The molecule has 0 bridgehead atoms. The maximum atomic E-state index is 14.4. The minimum atomic E-state index is -0.328. The zero-order valence-electron chi connectivity index (χ0n) is 28.1. The molecule has 1 saturated heterocycles. The van der Waals surface area contributed by atoms with Crippen LogP contribution >= 0.6 is 0 Å². The third-order valence-electron chi connectivity index (χ3n) is 10.4. The number of piperazine rings is 1. The van der Waals surface area contributed by atoms with Gasteiger partial charge in [0, 0.05) is 80.3 Å². The van der Waals surface area contributed by atoms with Crippen LogP contribution in [0.1, 0.15) is 73.8 Å². The van der Waals surface area contributed by atoms with Crippen molar-refractivity contribution < 1.29 is 18.8 Å². The molecular weight excluding hydrogens is 593 g/mol. The summed E-state index contributed by atoms with van der Waals surface area (Å²) in [4.78, 5) is 47.3. The molecule has 1 saturated carbocycles. The highest BCUT2D eigenvalue weighted by Crippen LogP contribution is 2.53. The van der Waals surface area contributed by atoms with Crippen LogP contribution in [0.15, 0.2) is 54.1 Å². The Morgan fingerprint density at radius 3 is 2.49 bits per heavy atom. The Bertz CT molecular complexity index is 1720. The van der Waals surface area contributed by atoms with Gasteiger partial charge in [0.1, 0.15) is 5.82 Å². The molecule has 3 aromatic rings. The number of halogens is 1. The summed E-state index contributed by atoms with van der Waals surface area (Å²) in [5.41, 5.74) is 7.10. The first-order valence-corrected chi connectivity index (χ1v) is 16.9. The fourth-order valence-electron chi connectivity index (χ4n) is 7.94. The second-order valence-corrected chi connectivity index (χ2v) is 13.8. The maximum absolute atomic E-state index is 14.4. The van der Waals surface area contributed by atoms with Gasteiger partial charge in [-0.25, -0.2) is 4.39 Å². The number of nitrogens with zero attached hydrogens (tertiary/aromatic N) is 2. The number of hydrogen-bond donors (Lipinski definition) is 3. The Morgan fingerprint density at radius 2 is 1.79 bits per heavy atom. The SMILES string of the molecule is CC(=O)N1CCN(CCNC(=O)c2cc(C)[nH]c2C2/C(=C3\C(=O)Nc4cccc(-c5cccc(F)c5)c43)C(C)CCC2C(C)C)CC1. The number of H-pyrrole nitrogens is 1. The molecule has 47 heavy (non-hydrogen) atoms. The van der Waals surface area contributed by atoms with Crippen LogP contribution in [0.5, 0.6) is 0 Å².